The van der Waals surface area contributed by atoms with Gasteiger partial charge < -0.3 is 15.0 Å². The topological polar surface area (TPSA) is 88.8 Å². The summed E-state index contributed by atoms with van der Waals surface area (Å²) in [7, 11) is 0. The molecule has 11 heteroatoms. The quantitative estimate of drug-likeness (QED) is 0.551. The second-order valence-corrected chi connectivity index (χ2v) is 8.04. The minimum atomic E-state index is -0.544. The number of anilines is 1. The van der Waals surface area contributed by atoms with E-state index in [1.807, 2.05) is 0 Å². The molecular weight excluding hydrogens is 481 g/mol. The van der Waals surface area contributed by atoms with Crippen molar-refractivity contribution in [1.82, 2.24) is 19.5 Å². The van der Waals surface area contributed by atoms with E-state index in [0.29, 0.717) is 41.0 Å². The van der Waals surface area contributed by atoms with Crippen molar-refractivity contribution in [2.75, 3.05) is 18.4 Å². The Hall–Kier alpha value is -2.72. The molecule has 1 aliphatic heterocycles. The summed E-state index contributed by atoms with van der Waals surface area (Å²) < 4.78 is 22.0. The molecule has 0 unspecified atom stereocenters. The number of rotatable bonds is 3. The molecule has 1 fully saturated rings. The summed E-state index contributed by atoms with van der Waals surface area (Å²) in [6.45, 7) is 2.09. The summed E-state index contributed by atoms with van der Waals surface area (Å²) in [5.41, 5.74) is 1.45. The van der Waals surface area contributed by atoms with Crippen molar-refractivity contribution in [3.05, 3.63) is 45.9 Å². The molecule has 0 spiro atoms. The van der Waals surface area contributed by atoms with Crippen LogP contribution in [0.4, 0.5) is 14.9 Å². The number of fused-ring (bicyclic) bond motifs is 1. The molecule has 1 aromatic carbocycles. The first-order valence-corrected chi connectivity index (χ1v) is 10.2. The number of amides is 2. The number of nitrogens with zero attached hydrogens (tertiary/aromatic N) is 4. The minimum Gasteiger partial charge on any atom is -0.461 e. The van der Waals surface area contributed by atoms with Gasteiger partial charge in [0.2, 0.25) is 0 Å². The van der Waals surface area contributed by atoms with E-state index in [2.05, 4.69) is 31.3 Å². The zero-order chi connectivity index (χ0) is 21.4. The van der Waals surface area contributed by atoms with Crippen molar-refractivity contribution >= 4 is 50.9 Å². The fourth-order valence-corrected chi connectivity index (χ4v) is 4.10. The van der Waals surface area contributed by atoms with E-state index in [1.165, 1.54) is 28.5 Å². The number of aromatic nitrogens is 3. The molecule has 2 amide bonds. The predicted molar refractivity (Wildman–Crippen MR) is 112 cm³/mol. The zero-order valence-corrected chi connectivity index (χ0v) is 18.1. The van der Waals surface area contributed by atoms with Crippen LogP contribution in [-0.2, 0) is 9.53 Å². The summed E-state index contributed by atoms with van der Waals surface area (Å²) in [5, 5.41) is 7.05. The van der Waals surface area contributed by atoms with Gasteiger partial charge in [-0.15, -0.1) is 0 Å². The molecule has 8 nitrogen and oxygen atoms in total. The lowest BCUT2D eigenvalue weighted by molar-refractivity contribution is -0.145. The van der Waals surface area contributed by atoms with Gasteiger partial charge in [-0.1, -0.05) is 11.6 Å². The third kappa shape index (κ3) is 4.24. The van der Waals surface area contributed by atoms with Gasteiger partial charge in [-0.3, -0.25) is 4.79 Å². The summed E-state index contributed by atoms with van der Waals surface area (Å²) in [5.74, 6) is -0.922. The number of ether oxygens (including phenoxy) is 1. The van der Waals surface area contributed by atoms with Gasteiger partial charge >= 0.3 is 12.0 Å². The molecule has 1 atom stereocenters. The summed E-state index contributed by atoms with van der Waals surface area (Å²) in [6.07, 6.45) is 1.83. The summed E-state index contributed by atoms with van der Waals surface area (Å²) in [4.78, 5) is 29.4. The van der Waals surface area contributed by atoms with Crippen LogP contribution in [0.5, 0.6) is 0 Å². The number of carbonyl (C=O) groups excluding carboxylic acids is 2. The Morgan fingerprint density at radius 3 is 2.90 bits per heavy atom. The Kier molecular flexibility index (Phi) is 5.61. The predicted octanol–water partition coefficient (Wildman–Crippen LogP) is 4.12. The Morgan fingerprint density at radius 2 is 2.17 bits per heavy atom. The highest BCUT2D eigenvalue weighted by atomic mass is 79.9. The maximum atomic E-state index is 14.7. The van der Waals surface area contributed by atoms with Crippen LogP contribution in [0.1, 0.15) is 13.3 Å². The second kappa shape index (κ2) is 8.19. The van der Waals surface area contributed by atoms with E-state index < -0.39 is 5.82 Å². The number of nitrogens with one attached hydrogen (secondary N) is 1. The minimum absolute atomic E-state index is 0.262. The smallest absolute Gasteiger partial charge is 0.321 e. The maximum Gasteiger partial charge on any atom is 0.321 e. The van der Waals surface area contributed by atoms with E-state index in [1.54, 1.807) is 18.3 Å². The third-order valence-electron chi connectivity index (χ3n) is 4.61. The molecule has 0 bridgehead atoms. The van der Waals surface area contributed by atoms with Crippen molar-refractivity contribution < 1.29 is 18.7 Å². The number of esters is 1. The normalized spacial score (nSPS) is 16.1. The Balaban J connectivity index is 1.49. The van der Waals surface area contributed by atoms with E-state index >= 15 is 0 Å². The van der Waals surface area contributed by atoms with Gasteiger partial charge in [0.15, 0.2) is 10.8 Å². The third-order valence-corrected chi connectivity index (χ3v) is 5.38. The molecule has 30 heavy (non-hydrogen) atoms. The fourth-order valence-electron chi connectivity index (χ4n) is 3.29. The average molecular weight is 497 g/mol. The van der Waals surface area contributed by atoms with Gasteiger partial charge in [-0.2, -0.15) is 5.10 Å². The zero-order valence-electron chi connectivity index (χ0n) is 15.7. The molecule has 156 valence electrons. The largest absolute Gasteiger partial charge is 0.461 e. The lowest BCUT2D eigenvalue weighted by Crippen LogP contribution is -2.34. The Morgan fingerprint density at radius 1 is 1.37 bits per heavy atom. The second-order valence-electron chi connectivity index (χ2n) is 6.80. The Labute approximate surface area is 184 Å². The molecule has 0 saturated carbocycles. The van der Waals surface area contributed by atoms with E-state index in [4.69, 9.17) is 16.3 Å². The maximum absolute atomic E-state index is 14.7. The Bertz CT molecular complexity index is 1150. The van der Waals surface area contributed by atoms with Crippen molar-refractivity contribution in [1.29, 1.82) is 0 Å². The molecule has 3 heterocycles. The number of urea groups is 1. The highest BCUT2D eigenvalue weighted by Crippen LogP contribution is 2.28. The summed E-state index contributed by atoms with van der Waals surface area (Å²) >= 11 is 9.29. The van der Waals surface area contributed by atoms with Crippen molar-refractivity contribution in [3.8, 4) is 11.3 Å². The van der Waals surface area contributed by atoms with Crippen molar-refractivity contribution in [3.63, 3.8) is 0 Å². The standard InChI is InChI=1S/C19H16BrClFN5O3/c1-10(28)30-12-4-5-26(8-12)19(29)23-11-2-3-13(15(22)6-11)16-9-27-18(24-16)14(20)7-17(21)25-27/h2-3,6-7,9,12H,4-5,8H2,1H3,(H,23,29)/t12-/m1/s1. The van der Waals surface area contributed by atoms with Crippen LogP contribution in [0.3, 0.4) is 0 Å². The van der Waals surface area contributed by atoms with Crippen LogP contribution in [0.15, 0.2) is 34.9 Å². The first-order chi connectivity index (χ1) is 14.3. The molecule has 3 aromatic rings. The molecule has 1 saturated heterocycles. The molecule has 0 radical (unpaired) electrons. The van der Waals surface area contributed by atoms with Crippen LogP contribution in [0.25, 0.3) is 16.9 Å². The van der Waals surface area contributed by atoms with Crippen LogP contribution in [0.2, 0.25) is 5.15 Å². The number of hydrogen-bond donors (Lipinski definition) is 1. The van der Waals surface area contributed by atoms with Crippen LogP contribution >= 0.6 is 27.5 Å². The first-order valence-electron chi connectivity index (χ1n) is 9.04. The SMILES string of the molecule is CC(=O)O[C@@H]1CCN(C(=O)Nc2ccc(-c3cn4nc(Cl)cc(Br)c4n3)c(F)c2)C1. The van der Waals surface area contributed by atoms with Crippen LogP contribution < -0.4 is 5.32 Å². The molecule has 0 aliphatic carbocycles. The number of carbonyl (C=O) groups is 2. The van der Waals surface area contributed by atoms with Crippen LogP contribution in [-0.4, -0.2) is 50.7 Å². The highest BCUT2D eigenvalue weighted by molar-refractivity contribution is 9.10. The van der Waals surface area contributed by atoms with E-state index in [-0.39, 0.29) is 28.8 Å². The van der Waals surface area contributed by atoms with Crippen LogP contribution in [0, 0.1) is 5.82 Å². The number of halogens is 3. The number of hydrogen-bond acceptors (Lipinski definition) is 5. The van der Waals surface area contributed by atoms with Gasteiger partial charge in [0.05, 0.1) is 22.9 Å². The average Bonchev–Trinajstić information content (AvgIpc) is 3.28. The number of likely N-dealkylation sites (tertiary alicyclic amines) is 1. The van der Waals surface area contributed by atoms with Gasteiger partial charge in [-0.25, -0.2) is 18.7 Å². The lowest BCUT2D eigenvalue weighted by Gasteiger charge is -2.17. The van der Waals surface area contributed by atoms with Gasteiger partial charge in [0.1, 0.15) is 11.9 Å². The van der Waals surface area contributed by atoms with Gasteiger partial charge in [0.25, 0.3) is 0 Å². The van der Waals surface area contributed by atoms with Crippen molar-refractivity contribution in [2.45, 2.75) is 19.4 Å². The molecular formula is C19H16BrClFN5O3. The monoisotopic (exact) mass is 495 g/mol. The van der Waals surface area contributed by atoms with Gasteiger partial charge in [-0.05, 0) is 40.2 Å². The molecule has 1 aliphatic rings. The van der Waals surface area contributed by atoms with E-state index in [0.717, 1.165) is 0 Å². The molecule has 4 rings (SSSR count). The van der Waals surface area contributed by atoms with Gasteiger partial charge in [0, 0.05) is 31.1 Å². The first kappa shape index (κ1) is 20.5. The number of benzene rings is 1. The molecule has 1 N–H and O–H groups in total. The van der Waals surface area contributed by atoms with E-state index in [9.17, 15) is 14.0 Å². The number of imidazole rings is 1. The highest BCUT2D eigenvalue weighted by Gasteiger charge is 2.28. The van der Waals surface area contributed by atoms with Crippen molar-refractivity contribution in [2.24, 2.45) is 0 Å². The fraction of sp³-hybridized carbons (Fsp3) is 0.263. The lowest BCUT2D eigenvalue weighted by atomic mass is 10.1. The summed E-state index contributed by atoms with van der Waals surface area (Å²) in [6, 6.07) is 5.58. The molecule has 2 aromatic heterocycles.